The predicted octanol–water partition coefficient (Wildman–Crippen LogP) is 1.63. The number of rotatable bonds is 3. The molecule has 0 heterocycles. The van der Waals surface area contributed by atoms with Crippen LogP contribution in [-0.2, 0) is 4.79 Å². The van der Waals surface area contributed by atoms with Crippen LogP contribution in [0.5, 0.6) is 11.5 Å². The number of carbonyl (C=O) groups is 1. The summed E-state index contributed by atoms with van der Waals surface area (Å²) >= 11 is 0. The molecule has 4 N–H and O–H groups in total. The van der Waals surface area contributed by atoms with Crippen molar-refractivity contribution >= 4 is 5.91 Å². The molecular formula is C12H15NO3. The van der Waals surface area contributed by atoms with Crippen LogP contribution >= 0.6 is 0 Å². The summed E-state index contributed by atoms with van der Waals surface area (Å²) in [6.07, 6.45) is 1.65. The monoisotopic (exact) mass is 221 g/mol. The Hall–Kier alpha value is -1.97. The fourth-order valence-corrected chi connectivity index (χ4v) is 1.46. The fourth-order valence-electron chi connectivity index (χ4n) is 1.46. The van der Waals surface area contributed by atoms with Gasteiger partial charge in [-0.05, 0) is 13.0 Å². The van der Waals surface area contributed by atoms with E-state index in [4.69, 9.17) is 5.73 Å². The van der Waals surface area contributed by atoms with Crippen LogP contribution in [0.1, 0.15) is 25.3 Å². The zero-order chi connectivity index (χ0) is 12.3. The molecule has 1 aromatic rings. The molecule has 0 aliphatic heterocycles. The van der Waals surface area contributed by atoms with E-state index in [0.29, 0.717) is 11.1 Å². The standard InChI is InChI=1S/C12H15NO3/c1-7(6-8(2)12(13)16)9-4-3-5-10(14)11(9)15/h3-7,14-15H,1-2H3,(H2,13,16). The summed E-state index contributed by atoms with van der Waals surface area (Å²) in [6.45, 7) is 3.42. The molecule has 0 saturated carbocycles. The third kappa shape index (κ3) is 2.53. The number of benzene rings is 1. The number of hydrogen-bond acceptors (Lipinski definition) is 3. The van der Waals surface area contributed by atoms with Gasteiger partial charge in [0.2, 0.25) is 5.91 Å². The van der Waals surface area contributed by atoms with Crippen LogP contribution in [0.3, 0.4) is 0 Å². The summed E-state index contributed by atoms with van der Waals surface area (Å²) < 4.78 is 0. The number of para-hydroxylation sites is 1. The Balaban J connectivity index is 3.06. The van der Waals surface area contributed by atoms with Crippen molar-refractivity contribution in [1.82, 2.24) is 0 Å². The lowest BCUT2D eigenvalue weighted by atomic mass is 9.97. The van der Waals surface area contributed by atoms with E-state index in [1.807, 2.05) is 0 Å². The van der Waals surface area contributed by atoms with E-state index in [9.17, 15) is 15.0 Å². The summed E-state index contributed by atoms with van der Waals surface area (Å²) in [4.78, 5) is 10.9. The van der Waals surface area contributed by atoms with Gasteiger partial charge in [0.25, 0.3) is 0 Å². The molecule has 0 fully saturated rings. The second kappa shape index (κ2) is 4.70. The number of phenolic OH excluding ortho intramolecular Hbond substituents is 2. The van der Waals surface area contributed by atoms with Crippen molar-refractivity contribution < 1.29 is 15.0 Å². The minimum atomic E-state index is -0.494. The maximum atomic E-state index is 10.9. The SMILES string of the molecule is CC(=CC(C)c1cccc(O)c1O)C(N)=O. The van der Waals surface area contributed by atoms with Crippen LogP contribution in [0.15, 0.2) is 29.8 Å². The quantitative estimate of drug-likeness (QED) is 0.536. The number of carbonyl (C=O) groups excluding carboxylic acids is 1. The molecule has 0 radical (unpaired) electrons. The zero-order valence-corrected chi connectivity index (χ0v) is 9.27. The fraction of sp³-hybridized carbons (Fsp3) is 0.250. The topological polar surface area (TPSA) is 83.6 Å². The molecule has 4 heteroatoms. The molecule has 1 unspecified atom stereocenters. The van der Waals surface area contributed by atoms with Gasteiger partial charge in [0.1, 0.15) is 0 Å². The Morgan fingerprint density at radius 3 is 2.62 bits per heavy atom. The first-order valence-electron chi connectivity index (χ1n) is 4.92. The Bertz CT molecular complexity index is 438. The van der Waals surface area contributed by atoms with Crippen molar-refractivity contribution in [3.8, 4) is 11.5 Å². The van der Waals surface area contributed by atoms with Crippen LogP contribution < -0.4 is 5.73 Å². The average molecular weight is 221 g/mol. The number of allylic oxidation sites excluding steroid dienone is 1. The summed E-state index contributed by atoms with van der Waals surface area (Å²) in [6, 6.07) is 4.72. The first-order chi connectivity index (χ1) is 7.43. The zero-order valence-electron chi connectivity index (χ0n) is 9.27. The van der Waals surface area contributed by atoms with Crippen molar-refractivity contribution in [2.24, 2.45) is 5.73 Å². The normalized spacial score (nSPS) is 13.5. The second-order valence-corrected chi connectivity index (χ2v) is 3.72. The second-order valence-electron chi connectivity index (χ2n) is 3.72. The highest BCUT2D eigenvalue weighted by molar-refractivity contribution is 5.91. The molecule has 0 aromatic heterocycles. The van der Waals surface area contributed by atoms with E-state index in [1.165, 1.54) is 6.07 Å². The van der Waals surface area contributed by atoms with E-state index in [0.717, 1.165) is 0 Å². The lowest BCUT2D eigenvalue weighted by Crippen LogP contribution is -2.12. The average Bonchev–Trinajstić information content (AvgIpc) is 2.21. The molecule has 0 aliphatic carbocycles. The number of primary amides is 1. The molecule has 0 bridgehead atoms. The van der Waals surface area contributed by atoms with Gasteiger partial charge in [-0.3, -0.25) is 4.79 Å². The van der Waals surface area contributed by atoms with Gasteiger partial charge in [-0.15, -0.1) is 0 Å². The van der Waals surface area contributed by atoms with Crippen LogP contribution in [0.4, 0.5) is 0 Å². The molecule has 16 heavy (non-hydrogen) atoms. The number of amides is 1. The third-order valence-electron chi connectivity index (χ3n) is 2.43. The molecule has 0 saturated heterocycles. The van der Waals surface area contributed by atoms with Crippen LogP contribution in [0.25, 0.3) is 0 Å². The van der Waals surface area contributed by atoms with E-state index < -0.39 is 5.91 Å². The highest BCUT2D eigenvalue weighted by atomic mass is 16.3. The maximum Gasteiger partial charge on any atom is 0.244 e. The van der Waals surface area contributed by atoms with Crippen LogP contribution in [-0.4, -0.2) is 16.1 Å². The van der Waals surface area contributed by atoms with E-state index in [-0.39, 0.29) is 17.4 Å². The number of nitrogens with two attached hydrogens (primary N) is 1. The molecule has 4 nitrogen and oxygen atoms in total. The Labute approximate surface area is 94.0 Å². The van der Waals surface area contributed by atoms with Crippen molar-refractivity contribution in [1.29, 1.82) is 0 Å². The maximum absolute atomic E-state index is 10.9. The lowest BCUT2D eigenvalue weighted by Gasteiger charge is -2.11. The Morgan fingerprint density at radius 1 is 1.44 bits per heavy atom. The first kappa shape index (κ1) is 12.1. The van der Waals surface area contributed by atoms with Gasteiger partial charge in [-0.2, -0.15) is 0 Å². The van der Waals surface area contributed by atoms with Gasteiger partial charge in [0.15, 0.2) is 11.5 Å². The van der Waals surface area contributed by atoms with Crippen molar-refractivity contribution in [3.63, 3.8) is 0 Å². The molecule has 1 aromatic carbocycles. The van der Waals surface area contributed by atoms with Gasteiger partial charge < -0.3 is 15.9 Å². The van der Waals surface area contributed by atoms with Gasteiger partial charge in [0.05, 0.1) is 0 Å². The van der Waals surface area contributed by atoms with Crippen molar-refractivity contribution in [2.75, 3.05) is 0 Å². The number of aromatic hydroxyl groups is 2. The molecule has 86 valence electrons. The van der Waals surface area contributed by atoms with Gasteiger partial charge in [0, 0.05) is 17.1 Å². The predicted molar refractivity (Wildman–Crippen MR) is 61.1 cm³/mol. The van der Waals surface area contributed by atoms with Gasteiger partial charge >= 0.3 is 0 Å². The highest BCUT2D eigenvalue weighted by Gasteiger charge is 2.12. The largest absolute Gasteiger partial charge is 0.504 e. The minimum absolute atomic E-state index is 0.163. The first-order valence-corrected chi connectivity index (χ1v) is 4.92. The molecule has 1 rings (SSSR count). The van der Waals surface area contributed by atoms with E-state index >= 15 is 0 Å². The van der Waals surface area contributed by atoms with Gasteiger partial charge in [-0.1, -0.05) is 25.1 Å². The summed E-state index contributed by atoms with van der Waals surface area (Å²) in [5.41, 5.74) is 6.09. The van der Waals surface area contributed by atoms with Gasteiger partial charge in [-0.25, -0.2) is 0 Å². The highest BCUT2D eigenvalue weighted by Crippen LogP contribution is 2.34. The van der Waals surface area contributed by atoms with Crippen molar-refractivity contribution in [2.45, 2.75) is 19.8 Å². The summed E-state index contributed by atoms with van der Waals surface area (Å²) in [5.74, 6) is -1.02. The number of hydrogen-bond donors (Lipinski definition) is 3. The minimum Gasteiger partial charge on any atom is -0.504 e. The van der Waals surface area contributed by atoms with E-state index in [1.54, 1.807) is 32.1 Å². The Morgan fingerprint density at radius 2 is 2.06 bits per heavy atom. The van der Waals surface area contributed by atoms with Crippen molar-refractivity contribution in [3.05, 3.63) is 35.4 Å². The molecular weight excluding hydrogens is 206 g/mol. The molecule has 1 atom stereocenters. The lowest BCUT2D eigenvalue weighted by molar-refractivity contribution is -0.114. The van der Waals surface area contributed by atoms with E-state index in [2.05, 4.69) is 0 Å². The number of phenols is 2. The smallest absolute Gasteiger partial charge is 0.244 e. The summed E-state index contributed by atoms with van der Waals surface area (Å²) in [5, 5.41) is 19.0. The Kier molecular flexibility index (Phi) is 3.55. The molecule has 0 spiro atoms. The third-order valence-corrected chi connectivity index (χ3v) is 2.43. The molecule has 1 amide bonds. The van der Waals surface area contributed by atoms with Crippen LogP contribution in [0.2, 0.25) is 0 Å². The van der Waals surface area contributed by atoms with Crippen LogP contribution in [0, 0.1) is 0 Å². The molecule has 0 aliphatic rings. The summed E-state index contributed by atoms with van der Waals surface area (Å²) in [7, 11) is 0.